The number of carbonyl (C=O) groups excluding carboxylic acids is 1. The third-order valence-corrected chi connectivity index (χ3v) is 8.68. The second-order valence-electron chi connectivity index (χ2n) is 11.1. The van der Waals surface area contributed by atoms with Crippen molar-refractivity contribution in [2.45, 2.75) is 82.3 Å². The highest BCUT2D eigenvalue weighted by Crippen LogP contribution is 2.44. The first-order valence-corrected chi connectivity index (χ1v) is 13.6. The molecule has 4 aliphatic rings. The van der Waals surface area contributed by atoms with Gasteiger partial charge in [-0.05, 0) is 68.6 Å². The van der Waals surface area contributed by atoms with Gasteiger partial charge in [-0.1, -0.05) is 24.6 Å². The van der Waals surface area contributed by atoms with Gasteiger partial charge in [0.25, 0.3) is 0 Å². The number of nitrogens with one attached hydrogen (secondary N) is 1. The van der Waals surface area contributed by atoms with Crippen LogP contribution in [0.1, 0.15) is 79.4 Å². The molecule has 2 unspecified atom stereocenters. The first kappa shape index (κ1) is 25.4. The maximum Gasteiger partial charge on any atom is 0.524 e. The summed E-state index contributed by atoms with van der Waals surface area (Å²) in [6.07, 6.45) is 0.853. The normalized spacial score (nSPS) is 26.0. The van der Waals surface area contributed by atoms with Crippen molar-refractivity contribution in [1.82, 2.24) is 20.0 Å². The van der Waals surface area contributed by atoms with Gasteiger partial charge in [0.1, 0.15) is 17.7 Å². The number of aromatic hydroxyl groups is 1. The fraction of sp³-hybridized carbons (Fsp3) is 0.571. The molecule has 1 aromatic carbocycles. The Kier molecular flexibility index (Phi) is 6.50. The van der Waals surface area contributed by atoms with Gasteiger partial charge in [-0.2, -0.15) is 5.10 Å². The molecule has 7 nitrogen and oxygen atoms in total. The zero-order valence-electron chi connectivity index (χ0n) is 21.3. The van der Waals surface area contributed by atoms with Crippen LogP contribution in [0.25, 0.3) is 5.69 Å². The number of piperidine rings is 1. The maximum atomic E-state index is 13.7. The number of benzene rings is 1. The summed E-state index contributed by atoms with van der Waals surface area (Å²) in [6, 6.07) is 5.68. The predicted octanol–water partition coefficient (Wildman–Crippen LogP) is 5.03. The Balaban J connectivity index is 1.26. The molecular formula is C28H33F3N4O3. The van der Waals surface area contributed by atoms with Gasteiger partial charge in [0.05, 0.1) is 23.3 Å². The summed E-state index contributed by atoms with van der Waals surface area (Å²) in [5, 5.41) is 18.6. The van der Waals surface area contributed by atoms with E-state index in [-0.39, 0.29) is 30.7 Å². The standard InChI is InChI=1S/C28H33F3N4O3/c1-16-5-8-20-26-22(35(33-20)21-9-6-18(14-24(21)36)17-3-2-4-17)11-12-34(23(26)13-16)27(37)19-7-10-25(32-15-19)38-28(29,30)31/h6,9,14,17,19,23,25,32,36H,1-5,7-8,10-13,15H2/t19?,23-,25?/m0/s1. The van der Waals surface area contributed by atoms with Crippen LogP contribution in [0, 0.1) is 5.92 Å². The minimum absolute atomic E-state index is 0.0558. The van der Waals surface area contributed by atoms with Gasteiger partial charge >= 0.3 is 6.36 Å². The van der Waals surface area contributed by atoms with Gasteiger partial charge in [0, 0.05) is 25.1 Å². The van der Waals surface area contributed by atoms with E-state index in [1.165, 1.54) is 6.42 Å². The average Bonchev–Trinajstić information content (AvgIpc) is 3.11. The molecular weight excluding hydrogens is 497 g/mol. The van der Waals surface area contributed by atoms with Crippen molar-refractivity contribution in [3.05, 3.63) is 52.9 Å². The molecule has 10 heteroatoms. The Labute approximate surface area is 219 Å². The Hall–Kier alpha value is -2.85. The van der Waals surface area contributed by atoms with Crippen molar-refractivity contribution >= 4 is 5.91 Å². The van der Waals surface area contributed by atoms with Crippen LogP contribution in [0.2, 0.25) is 0 Å². The lowest BCUT2D eigenvalue weighted by atomic mass is 9.80. The van der Waals surface area contributed by atoms with E-state index in [0.29, 0.717) is 37.4 Å². The number of amides is 1. The quantitative estimate of drug-likeness (QED) is 0.543. The number of hydrogen-bond acceptors (Lipinski definition) is 5. The molecule has 1 saturated heterocycles. The molecule has 2 aliphatic carbocycles. The van der Waals surface area contributed by atoms with E-state index in [4.69, 9.17) is 5.10 Å². The lowest BCUT2D eigenvalue weighted by Gasteiger charge is -2.40. The number of ether oxygens (including phenoxy) is 1. The molecule has 6 rings (SSSR count). The fourth-order valence-corrected chi connectivity index (χ4v) is 6.46. The van der Waals surface area contributed by atoms with E-state index in [1.54, 1.807) is 0 Å². The van der Waals surface area contributed by atoms with E-state index in [1.807, 2.05) is 21.7 Å². The van der Waals surface area contributed by atoms with Crippen LogP contribution in [0.3, 0.4) is 0 Å². The van der Waals surface area contributed by atoms with Crippen molar-refractivity contribution in [3.8, 4) is 11.4 Å². The number of alkyl halides is 3. The molecule has 2 N–H and O–H groups in total. The summed E-state index contributed by atoms with van der Waals surface area (Å²) >= 11 is 0. The molecule has 1 amide bonds. The van der Waals surface area contributed by atoms with Crippen LogP contribution >= 0.6 is 0 Å². The summed E-state index contributed by atoms with van der Waals surface area (Å²) in [6.45, 7) is 4.85. The van der Waals surface area contributed by atoms with Crippen LogP contribution in [0.15, 0.2) is 30.4 Å². The van der Waals surface area contributed by atoms with Crippen LogP contribution in [-0.2, 0) is 22.4 Å². The zero-order chi connectivity index (χ0) is 26.6. The van der Waals surface area contributed by atoms with E-state index in [2.05, 4.69) is 22.7 Å². The monoisotopic (exact) mass is 530 g/mol. The van der Waals surface area contributed by atoms with E-state index in [9.17, 15) is 23.1 Å². The molecule has 2 aliphatic heterocycles. The molecule has 1 saturated carbocycles. The lowest BCUT2D eigenvalue weighted by Crippen LogP contribution is -2.50. The molecule has 0 radical (unpaired) electrons. The summed E-state index contributed by atoms with van der Waals surface area (Å²) in [7, 11) is 0. The Morgan fingerprint density at radius 1 is 1.16 bits per heavy atom. The Morgan fingerprint density at radius 2 is 1.97 bits per heavy atom. The fourth-order valence-electron chi connectivity index (χ4n) is 6.46. The van der Waals surface area contributed by atoms with Gasteiger partial charge in [0.15, 0.2) is 0 Å². The number of hydrogen-bond donors (Lipinski definition) is 2. The van der Waals surface area contributed by atoms with E-state index >= 15 is 0 Å². The summed E-state index contributed by atoms with van der Waals surface area (Å²) in [5.41, 5.74) is 5.83. The van der Waals surface area contributed by atoms with E-state index in [0.717, 1.165) is 53.8 Å². The number of nitrogens with zero attached hydrogens (tertiary/aromatic N) is 3. The second kappa shape index (κ2) is 9.72. The van der Waals surface area contributed by atoms with Crippen LogP contribution in [-0.4, -0.2) is 51.4 Å². The molecule has 38 heavy (non-hydrogen) atoms. The van der Waals surface area contributed by atoms with Gasteiger partial charge in [-0.3, -0.25) is 14.8 Å². The van der Waals surface area contributed by atoms with Crippen molar-refractivity contribution < 1.29 is 27.8 Å². The number of aromatic nitrogens is 2. The number of phenols is 1. The van der Waals surface area contributed by atoms with Gasteiger partial charge in [-0.15, -0.1) is 13.2 Å². The van der Waals surface area contributed by atoms with Crippen molar-refractivity contribution in [2.75, 3.05) is 13.1 Å². The molecule has 0 bridgehead atoms. The maximum absolute atomic E-state index is 13.7. The zero-order valence-corrected chi connectivity index (χ0v) is 21.3. The first-order chi connectivity index (χ1) is 18.2. The highest BCUT2D eigenvalue weighted by molar-refractivity contribution is 5.80. The first-order valence-electron chi connectivity index (χ1n) is 13.6. The minimum Gasteiger partial charge on any atom is -0.506 e. The molecule has 3 heterocycles. The largest absolute Gasteiger partial charge is 0.524 e. The number of carbonyl (C=O) groups is 1. The lowest BCUT2D eigenvalue weighted by molar-refractivity contribution is -0.348. The predicted molar refractivity (Wildman–Crippen MR) is 134 cm³/mol. The van der Waals surface area contributed by atoms with Crippen molar-refractivity contribution in [3.63, 3.8) is 0 Å². The van der Waals surface area contributed by atoms with Crippen molar-refractivity contribution in [1.29, 1.82) is 0 Å². The number of aryl methyl sites for hydroxylation is 1. The molecule has 2 fully saturated rings. The minimum atomic E-state index is -4.71. The third kappa shape index (κ3) is 4.73. The molecule has 2 aromatic rings. The number of rotatable bonds is 4. The molecule has 0 spiro atoms. The number of halogens is 3. The molecule has 204 valence electrons. The summed E-state index contributed by atoms with van der Waals surface area (Å²) in [4.78, 5) is 15.6. The van der Waals surface area contributed by atoms with Gasteiger partial charge in [0.2, 0.25) is 5.91 Å². The van der Waals surface area contributed by atoms with Crippen LogP contribution in [0.5, 0.6) is 5.75 Å². The summed E-state index contributed by atoms with van der Waals surface area (Å²) < 4.78 is 43.8. The second-order valence-corrected chi connectivity index (χ2v) is 11.1. The average molecular weight is 531 g/mol. The third-order valence-electron chi connectivity index (χ3n) is 8.68. The Bertz CT molecular complexity index is 1240. The number of phenolic OH excluding ortho intramolecular Hbond substituents is 1. The Morgan fingerprint density at radius 3 is 2.63 bits per heavy atom. The summed E-state index contributed by atoms with van der Waals surface area (Å²) in [5.74, 6) is 0.260. The molecule has 1 aromatic heterocycles. The molecule has 3 atom stereocenters. The highest BCUT2D eigenvalue weighted by Gasteiger charge is 2.42. The van der Waals surface area contributed by atoms with Crippen LogP contribution in [0.4, 0.5) is 13.2 Å². The van der Waals surface area contributed by atoms with Gasteiger partial charge < -0.3 is 10.0 Å². The van der Waals surface area contributed by atoms with Crippen LogP contribution < -0.4 is 5.32 Å². The smallest absolute Gasteiger partial charge is 0.506 e. The van der Waals surface area contributed by atoms with Gasteiger partial charge in [-0.25, -0.2) is 4.68 Å². The van der Waals surface area contributed by atoms with Crippen molar-refractivity contribution in [2.24, 2.45) is 5.92 Å². The topological polar surface area (TPSA) is 79.6 Å². The SMILES string of the molecule is C=C1CCc2nn(-c3ccc(C4CCC4)cc3O)c3c2[C@H](C1)N(C(=O)C1CCC(OC(F)(F)F)NC1)CC3. The highest BCUT2D eigenvalue weighted by atomic mass is 19.4. The van der Waals surface area contributed by atoms with E-state index < -0.39 is 18.5 Å².